The van der Waals surface area contributed by atoms with Crippen LogP contribution in [0.15, 0.2) is 5.38 Å². The van der Waals surface area contributed by atoms with Crippen molar-refractivity contribution in [3.05, 3.63) is 16.1 Å². The first-order valence-electron chi connectivity index (χ1n) is 5.79. The van der Waals surface area contributed by atoms with E-state index >= 15 is 0 Å². The van der Waals surface area contributed by atoms with Crippen LogP contribution in [0, 0.1) is 0 Å². The van der Waals surface area contributed by atoms with Crippen molar-refractivity contribution in [2.24, 2.45) is 0 Å². The van der Waals surface area contributed by atoms with Crippen LogP contribution in [0.5, 0.6) is 0 Å². The predicted molar refractivity (Wildman–Crippen MR) is 61.9 cm³/mol. The Morgan fingerprint density at radius 2 is 2.44 bits per heavy atom. The first-order chi connectivity index (χ1) is 7.93. The highest BCUT2D eigenvalue weighted by Gasteiger charge is 2.24. The molecule has 2 fully saturated rings. The summed E-state index contributed by atoms with van der Waals surface area (Å²) in [5.41, 5.74) is 1.19. The van der Waals surface area contributed by atoms with Crippen molar-refractivity contribution in [3.63, 3.8) is 0 Å². The van der Waals surface area contributed by atoms with Crippen molar-refractivity contribution in [3.8, 4) is 0 Å². The summed E-state index contributed by atoms with van der Waals surface area (Å²) in [6, 6.07) is 0. The van der Waals surface area contributed by atoms with Crippen molar-refractivity contribution in [1.82, 2.24) is 10.3 Å². The highest BCUT2D eigenvalue weighted by atomic mass is 32.1. The van der Waals surface area contributed by atoms with Gasteiger partial charge < -0.3 is 14.8 Å². The molecule has 88 valence electrons. The van der Waals surface area contributed by atoms with Crippen molar-refractivity contribution in [1.29, 1.82) is 0 Å². The van der Waals surface area contributed by atoms with E-state index in [0.717, 1.165) is 44.3 Å². The summed E-state index contributed by atoms with van der Waals surface area (Å²) in [6.45, 7) is 4.32. The lowest BCUT2D eigenvalue weighted by Crippen LogP contribution is -2.33. The normalized spacial score (nSPS) is 30.8. The van der Waals surface area contributed by atoms with Gasteiger partial charge in [0.2, 0.25) is 0 Å². The number of nitrogens with zero attached hydrogens (tertiary/aromatic N) is 1. The monoisotopic (exact) mass is 240 g/mol. The Bertz CT molecular complexity index is 344. The fraction of sp³-hybridized carbons (Fsp3) is 0.727. The number of morpholine rings is 1. The minimum atomic E-state index is 0.148. The number of aromatic nitrogens is 1. The molecule has 3 heterocycles. The van der Waals surface area contributed by atoms with Crippen LogP contribution in [0.1, 0.15) is 29.1 Å². The lowest BCUT2D eigenvalue weighted by Gasteiger charge is -2.21. The lowest BCUT2D eigenvalue weighted by atomic mass is 10.1. The molecule has 0 saturated carbocycles. The Kier molecular flexibility index (Phi) is 3.19. The van der Waals surface area contributed by atoms with Crippen molar-refractivity contribution >= 4 is 11.3 Å². The highest BCUT2D eigenvalue weighted by Crippen LogP contribution is 2.29. The first kappa shape index (κ1) is 10.7. The second-order valence-corrected chi connectivity index (χ2v) is 5.12. The van der Waals surface area contributed by atoms with Gasteiger partial charge in [0, 0.05) is 31.0 Å². The molecule has 0 aromatic carbocycles. The van der Waals surface area contributed by atoms with Gasteiger partial charge >= 0.3 is 0 Å². The number of hydrogen-bond acceptors (Lipinski definition) is 5. The summed E-state index contributed by atoms with van der Waals surface area (Å²) in [4.78, 5) is 4.69. The molecule has 0 aliphatic carbocycles. The van der Waals surface area contributed by atoms with Gasteiger partial charge in [-0.1, -0.05) is 0 Å². The zero-order valence-corrected chi connectivity index (χ0v) is 9.96. The molecular weight excluding hydrogens is 224 g/mol. The smallest absolute Gasteiger partial charge is 0.123 e. The van der Waals surface area contributed by atoms with E-state index in [4.69, 9.17) is 9.47 Å². The van der Waals surface area contributed by atoms with Gasteiger partial charge in [0.1, 0.15) is 11.1 Å². The van der Waals surface area contributed by atoms with E-state index in [2.05, 4.69) is 15.7 Å². The summed E-state index contributed by atoms with van der Waals surface area (Å²) in [5.74, 6) is 0.501. The Hall–Kier alpha value is -0.490. The molecule has 0 spiro atoms. The number of thiazole rings is 1. The van der Waals surface area contributed by atoms with E-state index in [1.807, 2.05) is 0 Å². The molecular formula is C11H16N2O2S. The molecule has 4 nitrogen and oxygen atoms in total. The third kappa shape index (κ3) is 2.13. The molecule has 0 amide bonds. The molecule has 2 aliphatic heterocycles. The molecule has 16 heavy (non-hydrogen) atoms. The molecule has 0 bridgehead atoms. The van der Waals surface area contributed by atoms with Gasteiger partial charge in [-0.15, -0.1) is 11.3 Å². The van der Waals surface area contributed by atoms with Gasteiger partial charge in [-0.05, 0) is 6.42 Å². The van der Waals surface area contributed by atoms with Crippen LogP contribution in [-0.2, 0) is 9.47 Å². The van der Waals surface area contributed by atoms with Gasteiger partial charge in [0.15, 0.2) is 0 Å². The molecule has 1 aromatic rings. The zero-order chi connectivity index (χ0) is 10.8. The van der Waals surface area contributed by atoms with Crippen LogP contribution in [0.3, 0.4) is 0 Å². The van der Waals surface area contributed by atoms with Crippen LogP contribution < -0.4 is 5.32 Å². The minimum absolute atomic E-state index is 0.148. The van der Waals surface area contributed by atoms with E-state index < -0.39 is 0 Å². The molecule has 2 aliphatic rings. The van der Waals surface area contributed by atoms with Gasteiger partial charge in [-0.25, -0.2) is 4.98 Å². The van der Waals surface area contributed by atoms with Crippen molar-refractivity contribution in [2.75, 3.05) is 32.9 Å². The third-order valence-corrected chi connectivity index (χ3v) is 4.05. The Morgan fingerprint density at radius 1 is 1.44 bits per heavy atom. The highest BCUT2D eigenvalue weighted by molar-refractivity contribution is 7.09. The zero-order valence-electron chi connectivity index (χ0n) is 9.15. The fourth-order valence-corrected chi connectivity index (χ4v) is 3.08. The SMILES string of the molecule is c1sc(C2CNCCO2)nc1C1CCOC1. The van der Waals surface area contributed by atoms with E-state index in [-0.39, 0.29) is 6.10 Å². The maximum atomic E-state index is 5.69. The van der Waals surface area contributed by atoms with Gasteiger partial charge in [0.05, 0.1) is 18.9 Å². The molecule has 5 heteroatoms. The summed E-state index contributed by atoms with van der Waals surface area (Å²) < 4.78 is 11.1. The quantitative estimate of drug-likeness (QED) is 0.846. The molecule has 2 unspecified atom stereocenters. The predicted octanol–water partition coefficient (Wildman–Crippen LogP) is 1.31. The number of ether oxygens (including phenoxy) is 2. The van der Waals surface area contributed by atoms with E-state index in [9.17, 15) is 0 Å². The van der Waals surface area contributed by atoms with Crippen LogP contribution in [0.4, 0.5) is 0 Å². The second-order valence-electron chi connectivity index (χ2n) is 4.23. The van der Waals surface area contributed by atoms with Crippen LogP contribution >= 0.6 is 11.3 Å². The first-order valence-corrected chi connectivity index (χ1v) is 6.67. The van der Waals surface area contributed by atoms with E-state index in [0.29, 0.717) is 5.92 Å². The van der Waals surface area contributed by atoms with E-state index in [1.165, 1.54) is 5.69 Å². The average molecular weight is 240 g/mol. The largest absolute Gasteiger partial charge is 0.381 e. The van der Waals surface area contributed by atoms with Gasteiger partial charge in [0.25, 0.3) is 0 Å². The van der Waals surface area contributed by atoms with Gasteiger partial charge in [-0.2, -0.15) is 0 Å². The van der Waals surface area contributed by atoms with Crippen LogP contribution in [0.2, 0.25) is 0 Å². The summed E-state index contributed by atoms with van der Waals surface area (Å²) in [6.07, 6.45) is 1.25. The van der Waals surface area contributed by atoms with E-state index in [1.54, 1.807) is 11.3 Å². The standard InChI is InChI=1S/C11H16N2O2S/c1-3-14-6-8(1)9-7-16-11(13-9)10-5-12-2-4-15-10/h7-8,10,12H,1-6H2. The molecule has 2 saturated heterocycles. The maximum Gasteiger partial charge on any atom is 0.123 e. The summed E-state index contributed by atoms with van der Waals surface area (Å²) >= 11 is 1.71. The summed E-state index contributed by atoms with van der Waals surface area (Å²) in [7, 11) is 0. The molecule has 3 rings (SSSR count). The number of nitrogens with one attached hydrogen (secondary N) is 1. The van der Waals surface area contributed by atoms with Crippen molar-refractivity contribution in [2.45, 2.75) is 18.4 Å². The molecule has 2 atom stereocenters. The van der Waals surface area contributed by atoms with Crippen LogP contribution in [0.25, 0.3) is 0 Å². The topological polar surface area (TPSA) is 43.4 Å². The maximum absolute atomic E-state index is 5.69. The molecule has 0 radical (unpaired) electrons. The fourth-order valence-electron chi connectivity index (χ4n) is 2.13. The van der Waals surface area contributed by atoms with Crippen LogP contribution in [-0.4, -0.2) is 37.9 Å². The van der Waals surface area contributed by atoms with Gasteiger partial charge in [-0.3, -0.25) is 0 Å². The lowest BCUT2D eigenvalue weighted by molar-refractivity contribution is 0.0274. The number of hydrogen-bond donors (Lipinski definition) is 1. The second kappa shape index (κ2) is 4.79. The average Bonchev–Trinajstić information content (AvgIpc) is 3.01. The Morgan fingerprint density at radius 3 is 3.19 bits per heavy atom. The molecule has 1 aromatic heterocycles. The number of rotatable bonds is 2. The van der Waals surface area contributed by atoms with Crippen molar-refractivity contribution < 1.29 is 9.47 Å². The summed E-state index contributed by atoms with van der Waals surface area (Å²) in [5, 5.41) is 6.59. The molecule has 1 N–H and O–H groups in total. The minimum Gasteiger partial charge on any atom is -0.381 e. The Labute approximate surface area is 99.0 Å². The Balaban J connectivity index is 1.71. The third-order valence-electron chi connectivity index (χ3n) is 3.09.